The zero-order valence-corrected chi connectivity index (χ0v) is 14.4. The van der Waals surface area contributed by atoms with Crippen LogP contribution in [-0.4, -0.2) is 22.4 Å². The van der Waals surface area contributed by atoms with Gasteiger partial charge in [-0.2, -0.15) is 0 Å². The fourth-order valence-electron chi connectivity index (χ4n) is 3.82. The van der Waals surface area contributed by atoms with Crippen LogP contribution in [0.15, 0.2) is 0 Å². The number of aliphatic hydroxyl groups is 2. The highest BCUT2D eigenvalue weighted by Crippen LogP contribution is 2.30. The first kappa shape index (κ1) is 19.0. The van der Waals surface area contributed by atoms with Gasteiger partial charge in [-0.25, -0.2) is 0 Å². The lowest BCUT2D eigenvalue weighted by Gasteiger charge is -2.27. The molecule has 3 atom stereocenters. The summed E-state index contributed by atoms with van der Waals surface area (Å²) in [6.45, 7) is 4.13. The molecule has 1 rings (SSSR count). The second-order valence-corrected chi connectivity index (χ2v) is 7.33. The zero-order chi connectivity index (χ0) is 15.5. The molecule has 0 aliphatic heterocycles. The molecule has 1 aliphatic carbocycles. The molecule has 3 unspecified atom stereocenters. The fourth-order valence-corrected chi connectivity index (χ4v) is 3.82. The van der Waals surface area contributed by atoms with Crippen molar-refractivity contribution in [3.05, 3.63) is 0 Å². The molecule has 0 radical (unpaired) electrons. The average molecular weight is 299 g/mol. The highest BCUT2D eigenvalue weighted by atomic mass is 16.3. The highest BCUT2D eigenvalue weighted by molar-refractivity contribution is 4.74. The maximum atomic E-state index is 10.4. The Balaban J connectivity index is 2.21. The summed E-state index contributed by atoms with van der Waals surface area (Å²) in [4.78, 5) is 0. The quantitative estimate of drug-likeness (QED) is 0.523. The van der Waals surface area contributed by atoms with Crippen molar-refractivity contribution >= 4 is 0 Å². The Morgan fingerprint density at radius 2 is 1.62 bits per heavy atom. The van der Waals surface area contributed by atoms with E-state index in [0.717, 1.165) is 25.2 Å². The third-order valence-corrected chi connectivity index (χ3v) is 5.27. The van der Waals surface area contributed by atoms with Crippen LogP contribution < -0.4 is 0 Å². The maximum Gasteiger partial charge on any atom is 0.0546 e. The van der Waals surface area contributed by atoms with Crippen LogP contribution in [-0.2, 0) is 0 Å². The number of rotatable bonds is 11. The first-order valence-corrected chi connectivity index (χ1v) is 9.49. The van der Waals surface area contributed by atoms with Gasteiger partial charge in [0.05, 0.1) is 12.2 Å². The van der Waals surface area contributed by atoms with E-state index < -0.39 is 0 Å². The molecule has 1 aliphatic rings. The van der Waals surface area contributed by atoms with Gasteiger partial charge in [0.25, 0.3) is 0 Å². The Morgan fingerprint density at radius 1 is 0.952 bits per heavy atom. The van der Waals surface area contributed by atoms with Crippen LogP contribution in [0.25, 0.3) is 0 Å². The second kappa shape index (κ2) is 11.5. The van der Waals surface area contributed by atoms with Crippen LogP contribution in [0.3, 0.4) is 0 Å². The van der Waals surface area contributed by atoms with Gasteiger partial charge in [0, 0.05) is 0 Å². The Labute approximate surface area is 132 Å². The van der Waals surface area contributed by atoms with E-state index in [4.69, 9.17) is 0 Å². The van der Waals surface area contributed by atoms with Gasteiger partial charge >= 0.3 is 0 Å². The topological polar surface area (TPSA) is 40.5 Å². The lowest BCUT2D eigenvalue weighted by Crippen LogP contribution is -2.25. The van der Waals surface area contributed by atoms with E-state index in [1.165, 1.54) is 64.2 Å². The molecule has 0 aromatic rings. The van der Waals surface area contributed by atoms with Gasteiger partial charge in [-0.05, 0) is 38.0 Å². The zero-order valence-electron chi connectivity index (χ0n) is 14.4. The summed E-state index contributed by atoms with van der Waals surface area (Å²) in [5, 5.41) is 20.3. The van der Waals surface area contributed by atoms with Crippen molar-refractivity contribution in [3.8, 4) is 0 Å². The molecule has 0 amide bonds. The molecule has 0 aromatic heterocycles. The monoisotopic (exact) mass is 298 g/mol. The van der Waals surface area contributed by atoms with Crippen LogP contribution in [0, 0.1) is 11.8 Å². The van der Waals surface area contributed by atoms with Crippen LogP contribution in [0.1, 0.15) is 97.3 Å². The lowest BCUT2D eigenvalue weighted by molar-refractivity contribution is 0.0519. The first-order valence-electron chi connectivity index (χ1n) is 9.49. The number of hydrogen-bond donors (Lipinski definition) is 2. The molecular weight excluding hydrogens is 260 g/mol. The molecular formula is C19H38O2. The third-order valence-electron chi connectivity index (χ3n) is 5.27. The second-order valence-electron chi connectivity index (χ2n) is 7.33. The predicted octanol–water partition coefficient (Wildman–Crippen LogP) is 5.07. The Morgan fingerprint density at radius 3 is 2.24 bits per heavy atom. The normalized spacial score (nSPS) is 21.1. The summed E-state index contributed by atoms with van der Waals surface area (Å²) < 4.78 is 0. The summed E-state index contributed by atoms with van der Waals surface area (Å²) in [7, 11) is 0. The predicted molar refractivity (Wildman–Crippen MR) is 90.4 cm³/mol. The average Bonchev–Trinajstić information content (AvgIpc) is 2.46. The number of hydrogen-bond acceptors (Lipinski definition) is 2. The summed E-state index contributed by atoms with van der Waals surface area (Å²) in [5.74, 6) is 1.01. The van der Waals surface area contributed by atoms with E-state index in [0.29, 0.717) is 0 Å². The van der Waals surface area contributed by atoms with E-state index in [2.05, 4.69) is 6.92 Å². The summed E-state index contributed by atoms with van der Waals surface area (Å²) >= 11 is 0. The van der Waals surface area contributed by atoms with Crippen molar-refractivity contribution in [1.29, 1.82) is 0 Å². The summed E-state index contributed by atoms with van der Waals surface area (Å²) in [6.07, 6.45) is 15.4. The molecule has 0 bridgehead atoms. The van der Waals surface area contributed by atoms with Gasteiger partial charge in [0.15, 0.2) is 0 Å². The molecule has 126 valence electrons. The first-order chi connectivity index (χ1) is 10.1. The molecule has 0 saturated heterocycles. The Hall–Kier alpha value is -0.0800. The van der Waals surface area contributed by atoms with Crippen LogP contribution >= 0.6 is 0 Å². The minimum atomic E-state index is -0.280. The van der Waals surface area contributed by atoms with Crippen molar-refractivity contribution in [2.75, 3.05) is 0 Å². The van der Waals surface area contributed by atoms with E-state index in [-0.39, 0.29) is 18.1 Å². The van der Waals surface area contributed by atoms with Crippen molar-refractivity contribution < 1.29 is 10.2 Å². The molecule has 2 nitrogen and oxygen atoms in total. The van der Waals surface area contributed by atoms with Gasteiger partial charge in [-0.15, -0.1) is 0 Å². The number of aliphatic hydroxyl groups excluding tert-OH is 2. The minimum absolute atomic E-state index is 0.205. The molecule has 0 spiro atoms. The molecule has 2 N–H and O–H groups in total. The standard InChI is InChI=1S/C19H38O2/c1-3-4-5-6-10-13-18(16(2)20)15-19(21)14-17-11-8-7-9-12-17/h16-21H,3-15H2,1-2H3. The van der Waals surface area contributed by atoms with E-state index in [1.807, 2.05) is 6.92 Å². The van der Waals surface area contributed by atoms with E-state index >= 15 is 0 Å². The Kier molecular flexibility index (Phi) is 10.4. The van der Waals surface area contributed by atoms with Gasteiger partial charge < -0.3 is 10.2 Å². The molecule has 0 heterocycles. The van der Waals surface area contributed by atoms with Crippen molar-refractivity contribution in [2.24, 2.45) is 11.8 Å². The van der Waals surface area contributed by atoms with Gasteiger partial charge in [-0.3, -0.25) is 0 Å². The van der Waals surface area contributed by atoms with Crippen LogP contribution in [0.2, 0.25) is 0 Å². The summed E-state index contributed by atoms with van der Waals surface area (Å²) in [6, 6.07) is 0. The van der Waals surface area contributed by atoms with Crippen molar-refractivity contribution in [2.45, 2.75) is 110 Å². The smallest absolute Gasteiger partial charge is 0.0546 e. The van der Waals surface area contributed by atoms with Crippen LogP contribution in [0.5, 0.6) is 0 Å². The lowest BCUT2D eigenvalue weighted by atomic mass is 9.82. The summed E-state index contributed by atoms with van der Waals surface area (Å²) in [5.41, 5.74) is 0. The fraction of sp³-hybridized carbons (Fsp3) is 1.00. The largest absolute Gasteiger partial charge is 0.393 e. The van der Waals surface area contributed by atoms with E-state index in [1.54, 1.807) is 0 Å². The van der Waals surface area contributed by atoms with Crippen LogP contribution in [0.4, 0.5) is 0 Å². The molecule has 2 heteroatoms. The third kappa shape index (κ3) is 8.83. The SMILES string of the molecule is CCCCCCCC(CC(O)CC1CCCCC1)C(C)O. The molecule has 1 fully saturated rings. The number of unbranched alkanes of at least 4 members (excludes halogenated alkanes) is 4. The molecule has 0 aromatic carbocycles. The Bertz CT molecular complexity index is 234. The van der Waals surface area contributed by atoms with E-state index in [9.17, 15) is 10.2 Å². The van der Waals surface area contributed by atoms with Gasteiger partial charge in [0.2, 0.25) is 0 Å². The van der Waals surface area contributed by atoms with Crippen molar-refractivity contribution in [1.82, 2.24) is 0 Å². The molecule has 1 saturated carbocycles. The highest BCUT2D eigenvalue weighted by Gasteiger charge is 2.22. The minimum Gasteiger partial charge on any atom is -0.393 e. The van der Waals surface area contributed by atoms with Crippen molar-refractivity contribution in [3.63, 3.8) is 0 Å². The maximum absolute atomic E-state index is 10.4. The van der Waals surface area contributed by atoms with Gasteiger partial charge in [0.1, 0.15) is 0 Å². The van der Waals surface area contributed by atoms with Gasteiger partial charge in [-0.1, -0.05) is 71.1 Å². The molecule has 21 heavy (non-hydrogen) atoms.